The maximum Gasteiger partial charge on any atom is 0.0568 e. The molecule has 3 N–H and O–H groups in total. The van der Waals surface area contributed by atoms with Gasteiger partial charge >= 0.3 is 0 Å². The van der Waals surface area contributed by atoms with Gasteiger partial charge in [-0.3, -0.25) is 0 Å². The van der Waals surface area contributed by atoms with E-state index >= 15 is 0 Å². The summed E-state index contributed by atoms with van der Waals surface area (Å²) in [4.78, 5) is 0. The molecule has 0 saturated carbocycles. The quantitative estimate of drug-likeness (QED) is 0.739. The van der Waals surface area contributed by atoms with Crippen LogP contribution in [-0.2, 0) is 0 Å². The summed E-state index contributed by atoms with van der Waals surface area (Å²) in [6.07, 6.45) is 1.07. The summed E-state index contributed by atoms with van der Waals surface area (Å²) < 4.78 is 0.913. The minimum Gasteiger partial charge on any atom is -0.381 e. The molecule has 0 aliphatic rings. The molecule has 2 nitrogen and oxygen atoms in total. The third-order valence-electron chi connectivity index (χ3n) is 2.39. The number of rotatable bonds is 7. The molecule has 0 saturated heterocycles. The fourth-order valence-corrected chi connectivity index (χ4v) is 2.61. The highest BCUT2D eigenvalue weighted by Gasteiger charge is 2.07. The van der Waals surface area contributed by atoms with Gasteiger partial charge in [0.25, 0.3) is 0 Å². The number of hydrogen-bond acceptors (Lipinski definition) is 3. The Bertz CT molecular complexity index is 349. The van der Waals surface area contributed by atoms with Gasteiger partial charge in [-0.25, -0.2) is 0 Å². The Morgan fingerprint density at radius 2 is 2.29 bits per heavy atom. The van der Waals surface area contributed by atoms with Crippen LogP contribution in [0, 0.1) is 0 Å². The predicted octanol–water partition coefficient (Wildman–Crippen LogP) is 3.98. The van der Waals surface area contributed by atoms with Crippen LogP contribution in [0.3, 0.4) is 0 Å². The van der Waals surface area contributed by atoms with Crippen LogP contribution >= 0.6 is 39.3 Å². The largest absolute Gasteiger partial charge is 0.381 e. The van der Waals surface area contributed by atoms with Gasteiger partial charge in [0, 0.05) is 22.7 Å². The molecule has 0 bridgehead atoms. The topological polar surface area (TPSA) is 38.0 Å². The van der Waals surface area contributed by atoms with Crippen LogP contribution in [0.5, 0.6) is 0 Å². The first kappa shape index (κ1) is 15.2. The summed E-state index contributed by atoms with van der Waals surface area (Å²) in [6, 6.07) is 6.18. The lowest BCUT2D eigenvalue weighted by Crippen LogP contribution is -2.29. The van der Waals surface area contributed by atoms with Crippen LogP contribution < -0.4 is 11.1 Å². The number of nitrogens with two attached hydrogens (primary N) is 1. The molecule has 1 rings (SSSR count). The molecule has 1 atom stereocenters. The molecule has 1 unspecified atom stereocenters. The van der Waals surface area contributed by atoms with Gasteiger partial charge in [0.05, 0.1) is 5.02 Å². The second-order valence-corrected chi connectivity index (χ2v) is 6.35. The molecule has 17 heavy (non-hydrogen) atoms. The van der Waals surface area contributed by atoms with E-state index in [9.17, 15) is 0 Å². The molecule has 1 aromatic carbocycles. The molecular weight excluding hydrogens is 320 g/mol. The van der Waals surface area contributed by atoms with Crippen molar-refractivity contribution in [3.8, 4) is 0 Å². The zero-order valence-corrected chi connectivity index (χ0v) is 13.0. The van der Waals surface area contributed by atoms with Crippen LogP contribution in [0.15, 0.2) is 22.7 Å². The molecule has 0 aliphatic heterocycles. The Kier molecular flexibility index (Phi) is 7.35. The summed E-state index contributed by atoms with van der Waals surface area (Å²) in [5.74, 6) is 2.29. The lowest BCUT2D eigenvalue weighted by atomic mass is 10.2. The van der Waals surface area contributed by atoms with E-state index in [-0.39, 0.29) is 0 Å². The fraction of sp³-hybridized carbons (Fsp3) is 0.500. The maximum absolute atomic E-state index is 6.05. The third kappa shape index (κ3) is 5.51. The molecule has 96 valence electrons. The Morgan fingerprint density at radius 1 is 1.53 bits per heavy atom. The number of thioether (sulfide) groups is 1. The first-order chi connectivity index (χ1) is 8.17. The number of halogens is 2. The summed E-state index contributed by atoms with van der Waals surface area (Å²) in [7, 11) is 0. The molecule has 0 spiro atoms. The van der Waals surface area contributed by atoms with Crippen LogP contribution in [0.2, 0.25) is 5.02 Å². The van der Waals surface area contributed by atoms with Gasteiger partial charge < -0.3 is 11.1 Å². The Labute approximate surface area is 121 Å². The van der Waals surface area contributed by atoms with E-state index in [0.717, 1.165) is 28.1 Å². The van der Waals surface area contributed by atoms with Gasteiger partial charge in [0.1, 0.15) is 0 Å². The number of anilines is 1. The summed E-state index contributed by atoms with van der Waals surface area (Å²) in [5.41, 5.74) is 6.78. The van der Waals surface area contributed by atoms with Gasteiger partial charge in [0.2, 0.25) is 0 Å². The van der Waals surface area contributed by atoms with Gasteiger partial charge in [-0.15, -0.1) is 0 Å². The molecule has 0 aromatic heterocycles. The summed E-state index contributed by atoms with van der Waals surface area (Å²) in [6.45, 7) is 2.81. The SMILES string of the molecule is CCSCCC(CN)Nc1ccc(Br)c(Cl)c1. The second-order valence-electron chi connectivity index (χ2n) is 3.69. The smallest absolute Gasteiger partial charge is 0.0568 e. The normalized spacial score (nSPS) is 12.5. The van der Waals surface area contributed by atoms with Crippen molar-refractivity contribution in [1.82, 2.24) is 0 Å². The van der Waals surface area contributed by atoms with Crippen molar-refractivity contribution in [1.29, 1.82) is 0 Å². The monoisotopic (exact) mass is 336 g/mol. The molecule has 0 radical (unpaired) electrons. The van der Waals surface area contributed by atoms with E-state index in [1.165, 1.54) is 0 Å². The Hall–Kier alpha value is 0.1000. The molecule has 1 aromatic rings. The minimum absolute atomic E-state index is 0.311. The number of benzene rings is 1. The minimum atomic E-state index is 0.311. The van der Waals surface area contributed by atoms with Crippen LogP contribution in [0.25, 0.3) is 0 Å². The highest BCUT2D eigenvalue weighted by Crippen LogP contribution is 2.26. The van der Waals surface area contributed by atoms with E-state index in [1.807, 2.05) is 30.0 Å². The molecule has 5 heteroatoms. The lowest BCUT2D eigenvalue weighted by Gasteiger charge is -2.18. The highest BCUT2D eigenvalue weighted by atomic mass is 79.9. The Balaban J connectivity index is 2.51. The molecular formula is C12H18BrClN2S. The second kappa shape index (κ2) is 8.25. The molecule has 0 fully saturated rings. The van der Waals surface area contributed by atoms with E-state index in [1.54, 1.807) is 0 Å². The first-order valence-corrected chi connectivity index (χ1v) is 7.99. The van der Waals surface area contributed by atoms with Crippen molar-refractivity contribution in [3.05, 3.63) is 27.7 Å². The van der Waals surface area contributed by atoms with E-state index in [2.05, 4.69) is 28.2 Å². The van der Waals surface area contributed by atoms with E-state index in [0.29, 0.717) is 17.6 Å². The lowest BCUT2D eigenvalue weighted by molar-refractivity contribution is 0.709. The summed E-state index contributed by atoms with van der Waals surface area (Å²) >= 11 is 11.4. The Morgan fingerprint density at radius 3 is 2.88 bits per heavy atom. The van der Waals surface area contributed by atoms with Gasteiger partial charge in [-0.2, -0.15) is 11.8 Å². The zero-order chi connectivity index (χ0) is 12.7. The first-order valence-electron chi connectivity index (χ1n) is 5.66. The predicted molar refractivity (Wildman–Crippen MR) is 83.2 cm³/mol. The standard InChI is InChI=1S/C12H18BrClN2S/c1-2-17-6-5-10(8-15)16-9-3-4-11(13)12(14)7-9/h3-4,7,10,16H,2,5-6,8,15H2,1H3. The van der Waals surface area contributed by atoms with Crippen LogP contribution in [-0.4, -0.2) is 24.1 Å². The van der Waals surface area contributed by atoms with Crippen molar-refractivity contribution in [2.45, 2.75) is 19.4 Å². The van der Waals surface area contributed by atoms with E-state index in [4.69, 9.17) is 17.3 Å². The van der Waals surface area contributed by atoms with Crippen molar-refractivity contribution >= 4 is 45.0 Å². The molecule has 0 amide bonds. The van der Waals surface area contributed by atoms with E-state index < -0.39 is 0 Å². The third-order valence-corrected chi connectivity index (χ3v) is 4.55. The van der Waals surface area contributed by atoms with Crippen molar-refractivity contribution in [2.24, 2.45) is 5.73 Å². The zero-order valence-electron chi connectivity index (χ0n) is 9.88. The summed E-state index contributed by atoms with van der Waals surface area (Å²) in [5, 5.41) is 4.13. The maximum atomic E-state index is 6.05. The average Bonchev–Trinajstić information content (AvgIpc) is 2.32. The van der Waals surface area contributed by atoms with Crippen LogP contribution in [0.1, 0.15) is 13.3 Å². The van der Waals surface area contributed by atoms with Crippen molar-refractivity contribution < 1.29 is 0 Å². The van der Waals surface area contributed by atoms with Crippen molar-refractivity contribution in [3.63, 3.8) is 0 Å². The number of hydrogen-bond donors (Lipinski definition) is 2. The van der Waals surface area contributed by atoms with Gasteiger partial charge in [0.15, 0.2) is 0 Å². The highest BCUT2D eigenvalue weighted by molar-refractivity contribution is 9.10. The van der Waals surface area contributed by atoms with Crippen molar-refractivity contribution in [2.75, 3.05) is 23.4 Å². The average molecular weight is 338 g/mol. The van der Waals surface area contributed by atoms with Gasteiger partial charge in [-0.1, -0.05) is 18.5 Å². The van der Waals surface area contributed by atoms with Crippen LogP contribution in [0.4, 0.5) is 5.69 Å². The number of nitrogens with one attached hydrogen (secondary N) is 1. The fourth-order valence-electron chi connectivity index (χ4n) is 1.44. The van der Waals surface area contributed by atoms with Gasteiger partial charge in [-0.05, 0) is 52.1 Å². The molecule has 0 aliphatic carbocycles. The molecule has 0 heterocycles.